The van der Waals surface area contributed by atoms with Crippen molar-refractivity contribution in [1.82, 2.24) is 0 Å². The molecule has 0 aliphatic rings. The second-order valence-corrected chi connectivity index (χ2v) is 18.5. The number of carbonyl (C=O) groups is 2. The van der Waals surface area contributed by atoms with Crippen molar-refractivity contribution in [2.45, 2.75) is 65.2 Å². The van der Waals surface area contributed by atoms with Gasteiger partial charge in [-0.3, -0.25) is 0 Å². The molecule has 0 bridgehead atoms. The summed E-state index contributed by atoms with van der Waals surface area (Å²) in [6.45, 7) is 5.82. The Kier molecular flexibility index (Phi) is 17.4. The Morgan fingerprint density at radius 2 is 0.957 bits per heavy atom. The van der Waals surface area contributed by atoms with Gasteiger partial charge in [0.2, 0.25) is 0 Å². The molecule has 0 fully saturated rings. The molecule has 0 unspecified atom stereocenters. The maximum Gasteiger partial charge on any atom is 0.346 e. The van der Waals surface area contributed by atoms with E-state index in [1.807, 2.05) is 48.5 Å². The zero-order valence-corrected chi connectivity index (χ0v) is 40.3. The molecule has 7 aromatic rings. The van der Waals surface area contributed by atoms with Crippen LogP contribution < -0.4 is 14.4 Å². The van der Waals surface area contributed by atoms with Crippen LogP contribution in [-0.2, 0) is 9.59 Å². The van der Waals surface area contributed by atoms with Crippen LogP contribution in [0.5, 0.6) is 11.5 Å². The van der Waals surface area contributed by atoms with Crippen LogP contribution in [0.2, 0.25) is 0 Å². The highest BCUT2D eigenvalue weighted by molar-refractivity contribution is 7.25. The van der Waals surface area contributed by atoms with Gasteiger partial charge in [-0.25, -0.2) is 9.59 Å². The van der Waals surface area contributed by atoms with Gasteiger partial charge in [-0.15, -0.1) is 22.7 Å². The van der Waals surface area contributed by atoms with E-state index >= 15 is 0 Å². The fraction of sp³-hybridized carbons (Fsp3) is 0.207. The first-order valence-corrected chi connectivity index (χ1v) is 24.8. The Morgan fingerprint density at radius 3 is 1.41 bits per heavy atom. The van der Waals surface area contributed by atoms with Crippen molar-refractivity contribution in [2.75, 3.05) is 18.1 Å². The van der Waals surface area contributed by atoms with E-state index in [0.29, 0.717) is 24.3 Å². The number of ether oxygens (including phenoxy) is 2. The zero-order valence-electron chi connectivity index (χ0n) is 38.7. The SMILES string of the molecule is CCCCCCOc1ccc(N(c2ccc(OCCCCCC)cc2)c2ccc(-c3ccc(-c4cc(-c5ccc(/C=C(\C#N)C(=O)O)cc5)c(-c5ccc(/C=C(\C#N)C(=O)O)cc5)s4)s3)cc2)cc1. The van der Waals surface area contributed by atoms with Crippen LogP contribution in [-0.4, -0.2) is 35.4 Å². The molecule has 5 aromatic carbocycles. The lowest BCUT2D eigenvalue weighted by Gasteiger charge is -2.26. The number of carboxylic acid groups (broad SMARTS) is 2. The second-order valence-electron chi connectivity index (χ2n) is 16.4. The van der Waals surface area contributed by atoms with Crippen molar-refractivity contribution in [3.63, 3.8) is 0 Å². The number of nitrogens with zero attached hydrogens (tertiary/aromatic N) is 3. The molecule has 7 rings (SSSR count). The fourth-order valence-electron chi connectivity index (χ4n) is 7.72. The summed E-state index contributed by atoms with van der Waals surface area (Å²) in [4.78, 5) is 29.4. The van der Waals surface area contributed by atoms with Gasteiger partial charge in [0.25, 0.3) is 0 Å². The fourth-order valence-corrected chi connectivity index (χ4v) is 9.99. The third-order valence-electron chi connectivity index (χ3n) is 11.4. The molecular formula is C58H53N3O6S2. The number of hydrogen-bond donors (Lipinski definition) is 2. The van der Waals surface area contributed by atoms with E-state index in [4.69, 9.17) is 9.47 Å². The van der Waals surface area contributed by atoms with E-state index in [0.717, 1.165) is 83.2 Å². The summed E-state index contributed by atoms with van der Waals surface area (Å²) in [6.07, 6.45) is 11.9. The van der Waals surface area contributed by atoms with Gasteiger partial charge in [0.1, 0.15) is 34.8 Å². The Morgan fingerprint density at radius 1 is 0.522 bits per heavy atom. The smallest absolute Gasteiger partial charge is 0.346 e. The average Bonchev–Trinajstić information content (AvgIpc) is 4.05. The maximum absolute atomic E-state index is 11.5. The van der Waals surface area contributed by atoms with Crippen LogP contribution in [0.25, 0.3) is 53.9 Å². The van der Waals surface area contributed by atoms with Gasteiger partial charge in [-0.05, 0) is 132 Å². The van der Waals surface area contributed by atoms with Crippen molar-refractivity contribution in [3.8, 4) is 65.4 Å². The molecule has 0 spiro atoms. The van der Waals surface area contributed by atoms with E-state index in [-0.39, 0.29) is 11.1 Å². The average molecular weight is 952 g/mol. The van der Waals surface area contributed by atoms with Crippen molar-refractivity contribution in [2.24, 2.45) is 0 Å². The molecular weight excluding hydrogens is 899 g/mol. The Labute approximate surface area is 412 Å². The van der Waals surface area contributed by atoms with Gasteiger partial charge >= 0.3 is 11.9 Å². The minimum absolute atomic E-state index is 0.355. The molecule has 0 aliphatic carbocycles. The quantitative estimate of drug-likeness (QED) is 0.0364. The highest BCUT2D eigenvalue weighted by Gasteiger charge is 2.18. The summed E-state index contributed by atoms with van der Waals surface area (Å²) in [5.74, 6) is -0.868. The van der Waals surface area contributed by atoms with Gasteiger partial charge in [0.05, 0.1) is 13.2 Å². The van der Waals surface area contributed by atoms with Crippen LogP contribution in [0.1, 0.15) is 76.3 Å². The zero-order chi connectivity index (χ0) is 48.5. The molecule has 9 nitrogen and oxygen atoms in total. The second kappa shape index (κ2) is 24.4. The number of hydrogen-bond acceptors (Lipinski definition) is 9. The Hall–Kier alpha value is -7.70. The standard InChI is InChI=1S/C58H53N3O6S2/c1-3-5-7-9-33-66-50-27-23-48(24-28-50)61(49-25-29-51(30-26-49)67-34-10-8-6-4-2)47-21-19-43(20-22-47)53-31-32-54(68-53)55-37-52(42-15-11-40(12-16-42)35-45(38-59)57(62)63)56(69-55)44-17-13-41(14-18-44)36-46(39-60)58(64)65/h11-32,35-37H,3-10,33-34H2,1-2H3,(H,62,63)(H,64,65)/b45-35+,46-36+. The summed E-state index contributed by atoms with van der Waals surface area (Å²) in [6, 6.07) is 49.8. The monoisotopic (exact) mass is 951 g/mol. The molecule has 0 saturated carbocycles. The first-order valence-electron chi connectivity index (χ1n) is 23.2. The largest absolute Gasteiger partial charge is 0.494 e. The van der Waals surface area contributed by atoms with Crippen molar-refractivity contribution < 1.29 is 29.3 Å². The minimum Gasteiger partial charge on any atom is -0.494 e. The van der Waals surface area contributed by atoms with Crippen molar-refractivity contribution in [1.29, 1.82) is 10.5 Å². The lowest BCUT2D eigenvalue weighted by atomic mass is 9.99. The van der Waals surface area contributed by atoms with Gasteiger partial charge in [0, 0.05) is 42.1 Å². The van der Waals surface area contributed by atoms with Crippen LogP contribution >= 0.6 is 22.7 Å². The normalized spacial score (nSPS) is 11.4. The maximum atomic E-state index is 11.5. The predicted octanol–water partition coefficient (Wildman–Crippen LogP) is 15.8. The highest BCUT2D eigenvalue weighted by atomic mass is 32.1. The summed E-state index contributed by atoms with van der Waals surface area (Å²) in [5.41, 5.74) is 7.31. The summed E-state index contributed by atoms with van der Waals surface area (Å²) in [7, 11) is 0. The highest BCUT2D eigenvalue weighted by Crippen LogP contribution is 2.47. The number of rotatable bonds is 23. The topological polar surface area (TPSA) is 144 Å². The van der Waals surface area contributed by atoms with E-state index in [1.54, 1.807) is 59.1 Å². The Balaban J connectivity index is 1.17. The number of nitriles is 2. The van der Waals surface area contributed by atoms with Crippen LogP contribution in [0.15, 0.2) is 151 Å². The van der Waals surface area contributed by atoms with Gasteiger partial charge < -0.3 is 24.6 Å². The summed E-state index contributed by atoms with van der Waals surface area (Å²) < 4.78 is 12.2. The summed E-state index contributed by atoms with van der Waals surface area (Å²) >= 11 is 3.32. The lowest BCUT2D eigenvalue weighted by molar-refractivity contribution is -0.133. The first kappa shape index (κ1) is 49.2. The van der Waals surface area contributed by atoms with Gasteiger partial charge in [0.15, 0.2) is 0 Å². The van der Waals surface area contributed by atoms with Crippen LogP contribution in [0, 0.1) is 22.7 Å². The van der Waals surface area contributed by atoms with Crippen LogP contribution in [0.4, 0.5) is 17.1 Å². The van der Waals surface area contributed by atoms with Gasteiger partial charge in [-0.2, -0.15) is 10.5 Å². The molecule has 2 heterocycles. The number of benzene rings is 5. The van der Waals surface area contributed by atoms with Gasteiger partial charge in [-0.1, -0.05) is 113 Å². The van der Waals surface area contributed by atoms with E-state index in [9.17, 15) is 30.3 Å². The molecule has 2 N–H and O–H groups in total. The number of unbranched alkanes of at least 4 members (excludes halogenated alkanes) is 6. The summed E-state index contributed by atoms with van der Waals surface area (Å²) in [5, 5.41) is 37.4. The number of aliphatic carboxylic acids is 2. The molecule has 2 aromatic heterocycles. The van der Waals surface area contributed by atoms with Crippen LogP contribution in [0.3, 0.4) is 0 Å². The first-order chi connectivity index (χ1) is 33.7. The molecule has 0 radical (unpaired) electrons. The van der Waals surface area contributed by atoms with E-state index < -0.39 is 11.9 Å². The predicted molar refractivity (Wildman–Crippen MR) is 280 cm³/mol. The molecule has 0 atom stereocenters. The molecule has 11 heteroatoms. The molecule has 0 amide bonds. The van der Waals surface area contributed by atoms with E-state index in [1.165, 1.54) is 50.7 Å². The lowest BCUT2D eigenvalue weighted by Crippen LogP contribution is -2.10. The minimum atomic E-state index is -1.29. The Bertz CT molecular complexity index is 2810. The number of anilines is 3. The van der Waals surface area contributed by atoms with Crippen molar-refractivity contribution >= 4 is 63.8 Å². The van der Waals surface area contributed by atoms with E-state index in [2.05, 4.69) is 85.5 Å². The molecule has 0 aliphatic heterocycles. The third kappa shape index (κ3) is 13.1. The third-order valence-corrected chi connectivity index (χ3v) is 13.9. The molecule has 348 valence electrons. The number of thiophene rings is 2. The number of carboxylic acids is 2. The molecule has 0 saturated heterocycles. The molecule has 69 heavy (non-hydrogen) atoms. The van der Waals surface area contributed by atoms with Crippen molar-refractivity contribution in [3.05, 3.63) is 162 Å².